The van der Waals surface area contributed by atoms with E-state index in [9.17, 15) is 4.79 Å². The van der Waals surface area contributed by atoms with Gasteiger partial charge in [-0.25, -0.2) is 4.98 Å². The second-order valence-corrected chi connectivity index (χ2v) is 8.04. The van der Waals surface area contributed by atoms with Gasteiger partial charge < -0.3 is 9.80 Å². The molecule has 3 aliphatic rings. The Morgan fingerprint density at radius 3 is 2.33 bits per heavy atom. The Balaban J connectivity index is 1.19. The number of rotatable bonds is 4. The van der Waals surface area contributed by atoms with Crippen molar-refractivity contribution in [2.45, 2.75) is 38.1 Å². The first-order valence-electron chi connectivity index (χ1n) is 10.5. The van der Waals surface area contributed by atoms with E-state index in [-0.39, 0.29) is 0 Å². The Labute approximate surface area is 162 Å². The standard InChI is InChI=1S/C20H32N6O/c27-20(26-14-12-24(13-15-26)18-4-2-1-3-5-18)17-23-8-10-25(11-9-23)19-16-21-6-7-22-19/h6-7,16,18H,1-5,8-15,17H2. The van der Waals surface area contributed by atoms with Gasteiger partial charge in [-0.2, -0.15) is 0 Å². The molecule has 27 heavy (non-hydrogen) atoms. The molecule has 1 saturated carbocycles. The second-order valence-electron chi connectivity index (χ2n) is 8.04. The van der Waals surface area contributed by atoms with Crippen LogP contribution in [0.3, 0.4) is 0 Å². The van der Waals surface area contributed by atoms with E-state index in [1.54, 1.807) is 12.4 Å². The zero-order valence-corrected chi connectivity index (χ0v) is 16.3. The lowest BCUT2D eigenvalue weighted by Crippen LogP contribution is -2.55. The Morgan fingerprint density at radius 2 is 1.67 bits per heavy atom. The molecule has 3 heterocycles. The second kappa shape index (κ2) is 8.97. The van der Waals surface area contributed by atoms with Gasteiger partial charge in [0.2, 0.25) is 5.91 Å². The molecule has 2 aliphatic heterocycles. The summed E-state index contributed by atoms with van der Waals surface area (Å²) in [6, 6.07) is 0.769. The Kier molecular flexibility index (Phi) is 6.19. The van der Waals surface area contributed by atoms with E-state index < -0.39 is 0 Å². The van der Waals surface area contributed by atoms with Gasteiger partial charge in [-0.1, -0.05) is 19.3 Å². The Morgan fingerprint density at radius 1 is 0.926 bits per heavy atom. The number of amides is 1. The van der Waals surface area contributed by atoms with E-state index in [0.717, 1.165) is 64.2 Å². The summed E-state index contributed by atoms with van der Waals surface area (Å²) in [5.74, 6) is 1.23. The van der Waals surface area contributed by atoms with Gasteiger partial charge >= 0.3 is 0 Å². The number of hydrogen-bond acceptors (Lipinski definition) is 6. The zero-order chi connectivity index (χ0) is 18.5. The summed E-state index contributed by atoms with van der Waals surface area (Å²) in [4.78, 5) is 30.5. The Hall–Kier alpha value is -1.73. The lowest BCUT2D eigenvalue weighted by molar-refractivity contribution is -0.134. The van der Waals surface area contributed by atoms with Crippen LogP contribution in [-0.4, -0.2) is 95.5 Å². The highest BCUT2D eigenvalue weighted by Gasteiger charge is 2.28. The number of anilines is 1. The average Bonchev–Trinajstić information content (AvgIpc) is 2.76. The van der Waals surface area contributed by atoms with Crippen LogP contribution in [0.4, 0.5) is 5.82 Å². The molecule has 7 heteroatoms. The molecule has 1 aliphatic carbocycles. The first-order chi connectivity index (χ1) is 13.3. The minimum Gasteiger partial charge on any atom is -0.353 e. The summed E-state index contributed by atoms with van der Waals surface area (Å²) in [6.07, 6.45) is 12.1. The molecule has 1 aromatic heterocycles. The third-order valence-electron chi connectivity index (χ3n) is 6.36. The molecule has 7 nitrogen and oxygen atoms in total. The van der Waals surface area contributed by atoms with Gasteiger partial charge in [-0.05, 0) is 12.8 Å². The van der Waals surface area contributed by atoms with Crippen LogP contribution in [0.2, 0.25) is 0 Å². The fraction of sp³-hybridized carbons (Fsp3) is 0.750. The van der Waals surface area contributed by atoms with Crippen LogP contribution in [0.5, 0.6) is 0 Å². The molecule has 0 atom stereocenters. The zero-order valence-electron chi connectivity index (χ0n) is 16.3. The lowest BCUT2D eigenvalue weighted by atomic mass is 9.94. The van der Waals surface area contributed by atoms with Crippen LogP contribution in [0.25, 0.3) is 0 Å². The fourth-order valence-corrected chi connectivity index (χ4v) is 4.66. The van der Waals surface area contributed by atoms with Crippen LogP contribution in [0.15, 0.2) is 18.6 Å². The molecule has 0 bridgehead atoms. The molecule has 2 saturated heterocycles. The van der Waals surface area contributed by atoms with Crippen molar-refractivity contribution in [3.05, 3.63) is 18.6 Å². The van der Waals surface area contributed by atoms with Gasteiger partial charge in [-0.3, -0.25) is 19.6 Å². The van der Waals surface area contributed by atoms with Crippen LogP contribution >= 0.6 is 0 Å². The fourth-order valence-electron chi connectivity index (χ4n) is 4.66. The number of aromatic nitrogens is 2. The van der Waals surface area contributed by atoms with Gasteiger partial charge in [0.25, 0.3) is 0 Å². The van der Waals surface area contributed by atoms with Crippen LogP contribution in [0, 0.1) is 0 Å². The van der Waals surface area contributed by atoms with Crippen molar-refractivity contribution in [1.29, 1.82) is 0 Å². The van der Waals surface area contributed by atoms with E-state index in [4.69, 9.17) is 0 Å². The number of hydrogen-bond donors (Lipinski definition) is 0. The molecule has 0 aromatic carbocycles. The smallest absolute Gasteiger partial charge is 0.236 e. The largest absolute Gasteiger partial charge is 0.353 e. The number of piperazine rings is 2. The van der Waals surface area contributed by atoms with Crippen molar-refractivity contribution < 1.29 is 4.79 Å². The highest BCUT2D eigenvalue weighted by atomic mass is 16.2. The monoisotopic (exact) mass is 372 g/mol. The topological polar surface area (TPSA) is 55.8 Å². The van der Waals surface area contributed by atoms with Gasteiger partial charge in [0.1, 0.15) is 5.82 Å². The number of carbonyl (C=O) groups is 1. The van der Waals surface area contributed by atoms with Crippen molar-refractivity contribution in [3.8, 4) is 0 Å². The third kappa shape index (κ3) is 4.76. The summed E-state index contributed by atoms with van der Waals surface area (Å²) >= 11 is 0. The van der Waals surface area contributed by atoms with Crippen LogP contribution < -0.4 is 4.90 Å². The third-order valence-corrected chi connectivity index (χ3v) is 6.36. The summed E-state index contributed by atoms with van der Waals surface area (Å²) in [6.45, 7) is 8.08. The van der Waals surface area contributed by atoms with E-state index in [1.807, 2.05) is 6.20 Å². The first kappa shape index (κ1) is 18.6. The van der Waals surface area contributed by atoms with E-state index in [0.29, 0.717) is 12.5 Å². The van der Waals surface area contributed by atoms with Gasteiger partial charge in [-0.15, -0.1) is 0 Å². The number of nitrogens with zero attached hydrogens (tertiary/aromatic N) is 6. The molecule has 0 spiro atoms. The summed E-state index contributed by atoms with van der Waals surface area (Å²) in [5.41, 5.74) is 0. The van der Waals surface area contributed by atoms with E-state index >= 15 is 0 Å². The van der Waals surface area contributed by atoms with E-state index in [1.165, 1.54) is 32.1 Å². The minimum absolute atomic E-state index is 0.297. The SMILES string of the molecule is O=C(CN1CCN(c2cnccn2)CC1)N1CCN(C2CCCCC2)CC1. The molecule has 148 valence electrons. The van der Waals surface area contributed by atoms with Gasteiger partial charge in [0.15, 0.2) is 0 Å². The van der Waals surface area contributed by atoms with Crippen molar-refractivity contribution in [2.24, 2.45) is 0 Å². The van der Waals surface area contributed by atoms with Crippen LogP contribution in [0.1, 0.15) is 32.1 Å². The van der Waals surface area contributed by atoms with Crippen molar-refractivity contribution in [1.82, 2.24) is 24.7 Å². The molecule has 1 amide bonds. The maximum atomic E-state index is 12.7. The maximum Gasteiger partial charge on any atom is 0.236 e. The number of carbonyl (C=O) groups excluding carboxylic acids is 1. The van der Waals surface area contributed by atoms with Gasteiger partial charge in [0, 0.05) is 70.8 Å². The van der Waals surface area contributed by atoms with Gasteiger partial charge in [0.05, 0.1) is 12.7 Å². The molecule has 1 aromatic rings. The average molecular weight is 373 g/mol. The van der Waals surface area contributed by atoms with Crippen molar-refractivity contribution >= 4 is 11.7 Å². The predicted octanol–water partition coefficient (Wildman–Crippen LogP) is 1.08. The summed E-state index contributed by atoms with van der Waals surface area (Å²) in [7, 11) is 0. The molecule has 0 unspecified atom stereocenters. The first-order valence-corrected chi connectivity index (χ1v) is 10.5. The minimum atomic E-state index is 0.297. The molecule has 3 fully saturated rings. The van der Waals surface area contributed by atoms with Crippen molar-refractivity contribution in [2.75, 3.05) is 63.8 Å². The quantitative estimate of drug-likeness (QED) is 0.788. The summed E-state index contributed by atoms with van der Waals surface area (Å²) in [5, 5.41) is 0. The van der Waals surface area contributed by atoms with Crippen molar-refractivity contribution in [3.63, 3.8) is 0 Å². The molecule has 0 radical (unpaired) electrons. The predicted molar refractivity (Wildman–Crippen MR) is 106 cm³/mol. The van der Waals surface area contributed by atoms with Crippen LogP contribution in [-0.2, 0) is 4.79 Å². The highest BCUT2D eigenvalue weighted by Crippen LogP contribution is 2.23. The highest BCUT2D eigenvalue weighted by molar-refractivity contribution is 5.78. The normalized spacial score (nSPS) is 23.6. The van der Waals surface area contributed by atoms with E-state index in [2.05, 4.69) is 29.6 Å². The summed E-state index contributed by atoms with van der Waals surface area (Å²) < 4.78 is 0. The Bertz CT molecular complexity index is 590. The maximum absolute atomic E-state index is 12.7. The molecule has 0 N–H and O–H groups in total. The lowest BCUT2D eigenvalue weighted by Gasteiger charge is -2.41. The molecular formula is C20H32N6O. The molecule has 4 rings (SSSR count). The molecular weight excluding hydrogens is 340 g/mol.